The maximum absolute atomic E-state index is 10.4. The second-order valence-electron chi connectivity index (χ2n) is 1.44. The van der Waals surface area contributed by atoms with Gasteiger partial charge in [0.05, 0.1) is 13.6 Å². The van der Waals surface area contributed by atoms with Crippen molar-refractivity contribution < 1.29 is 14.4 Å². The summed E-state index contributed by atoms with van der Waals surface area (Å²) < 4.78 is 14.9. The summed E-state index contributed by atoms with van der Waals surface area (Å²) in [6.45, 7) is 1.03. The highest BCUT2D eigenvalue weighted by atomic mass is 35.9. The molecule has 0 saturated heterocycles. The molecule has 0 aliphatic carbocycles. The maximum atomic E-state index is 10.4. The van der Waals surface area contributed by atoms with E-state index in [0.717, 1.165) is 0 Å². The summed E-state index contributed by atoms with van der Waals surface area (Å²) >= 11 is 10.1. The molecule has 3 nitrogen and oxygen atoms in total. The highest BCUT2D eigenvalue weighted by Crippen LogP contribution is 2.57. The van der Waals surface area contributed by atoms with Crippen LogP contribution in [-0.2, 0) is 9.09 Å². The SMILES string of the molecule is C[NH2+]CCOP(=O)(Cl)Cl. The van der Waals surface area contributed by atoms with Gasteiger partial charge in [0.25, 0.3) is 0 Å². The number of hydrogen-bond donors (Lipinski definition) is 1. The first-order valence-corrected chi connectivity index (χ1v) is 5.91. The molecule has 0 saturated carbocycles. The topological polar surface area (TPSA) is 42.9 Å². The zero-order valence-corrected chi connectivity index (χ0v) is 7.42. The smallest absolute Gasteiger partial charge is 0.347 e. The van der Waals surface area contributed by atoms with Crippen LogP contribution in [0.4, 0.5) is 0 Å². The molecule has 0 atom stereocenters. The molecule has 0 unspecified atom stereocenters. The quantitative estimate of drug-likeness (QED) is 0.529. The van der Waals surface area contributed by atoms with Crippen molar-refractivity contribution in [1.82, 2.24) is 0 Å². The third kappa shape index (κ3) is 8.73. The van der Waals surface area contributed by atoms with E-state index in [4.69, 9.17) is 22.5 Å². The molecule has 0 aromatic carbocycles. The minimum absolute atomic E-state index is 0.320. The predicted molar refractivity (Wildman–Crippen MR) is 38.0 cm³/mol. The van der Waals surface area contributed by atoms with E-state index >= 15 is 0 Å². The van der Waals surface area contributed by atoms with Gasteiger partial charge >= 0.3 is 6.07 Å². The van der Waals surface area contributed by atoms with Crippen molar-refractivity contribution in [2.45, 2.75) is 0 Å². The Morgan fingerprint density at radius 1 is 1.67 bits per heavy atom. The Balaban J connectivity index is 3.18. The van der Waals surface area contributed by atoms with E-state index in [1.165, 1.54) is 0 Å². The van der Waals surface area contributed by atoms with Crippen molar-refractivity contribution >= 4 is 28.6 Å². The molecule has 56 valence electrons. The van der Waals surface area contributed by atoms with Gasteiger partial charge in [0.2, 0.25) is 0 Å². The summed E-state index contributed by atoms with van der Waals surface area (Å²) in [5.74, 6) is 0. The van der Waals surface area contributed by atoms with E-state index in [0.29, 0.717) is 13.2 Å². The van der Waals surface area contributed by atoms with Crippen LogP contribution in [0.5, 0.6) is 0 Å². The van der Waals surface area contributed by atoms with E-state index in [1.807, 2.05) is 12.4 Å². The van der Waals surface area contributed by atoms with Crippen LogP contribution in [-0.4, -0.2) is 20.2 Å². The molecule has 2 N–H and O–H groups in total. The monoisotopic (exact) mass is 192 g/mol. The first kappa shape index (κ1) is 9.73. The Morgan fingerprint density at radius 3 is 2.56 bits per heavy atom. The Hall–Kier alpha value is 0.730. The molecule has 0 rings (SSSR count). The Labute approximate surface area is 63.7 Å². The van der Waals surface area contributed by atoms with Crippen molar-refractivity contribution in [3.8, 4) is 0 Å². The average molecular weight is 193 g/mol. The third-order valence-corrected chi connectivity index (χ3v) is 1.72. The second-order valence-corrected chi connectivity index (χ2v) is 5.72. The summed E-state index contributed by atoms with van der Waals surface area (Å²) in [5.41, 5.74) is 0. The normalized spacial score (nSPS) is 11.9. The van der Waals surface area contributed by atoms with Crippen molar-refractivity contribution in [3.05, 3.63) is 0 Å². The molecule has 0 amide bonds. The van der Waals surface area contributed by atoms with E-state index in [9.17, 15) is 4.57 Å². The number of quaternary nitrogens is 1. The molecule has 0 bridgehead atoms. The van der Waals surface area contributed by atoms with Gasteiger partial charge in [-0.1, -0.05) is 0 Å². The van der Waals surface area contributed by atoms with Crippen LogP contribution < -0.4 is 5.32 Å². The van der Waals surface area contributed by atoms with Crippen LogP contribution in [0.25, 0.3) is 0 Å². The minimum atomic E-state index is -3.27. The molecule has 6 heteroatoms. The van der Waals surface area contributed by atoms with Crippen LogP contribution in [0.2, 0.25) is 0 Å². The predicted octanol–water partition coefficient (Wildman–Crippen LogP) is 0.782. The van der Waals surface area contributed by atoms with Crippen molar-refractivity contribution in [1.29, 1.82) is 0 Å². The van der Waals surface area contributed by atoms with Gasteiger partial charge in [0.1, 0.15) is 6.61 Å². The zero-order chi connectivity index (χ0) is 7.33. The molecule has 0 aromatic heterocycles. The number of nitrogens with two attached hydrogens (primary N) is 1. The minimum Gasteiger partial charge on any atom is -0.347 e. The summed E-state index contributed by atoms with van der Waals surface area (Å²) in [5, 5.41) is 1.88. The van der Waals surface area contributed by atoms with E-state index < -0.39 is 6.07 Å². The fraction of sp³-hybridized carbons (Fsp3) is 1.00. The Bertz CT molecular complexity index is 114. The first-order valence-electron chi connectivity index (χ1n) is 2.48. The van der Waals surface area contributed by atoms with Crippen molar-refractivity contribution in [2.75, 3.05) is 20.2 Å². The molecule has 0 fully saturated rings. The summed E-state index contributed by atoms with van der Waals surface area (Å²) in [7, 11) is 1.87. The molecule has 0 radical (unpaired) electrons. The van der Waals surface area contributed by atoms with Crippen molar-refractivity contribution in [3.63, 3.8) is 0 Å². The van der Waals surface area contributed by atoms with Crippen molar-refractivity contribution in [2.24, 2.45) is 0 Å². The molecular weight excluding hydrogens is 184 g/mol. The van der Waals surface area contributed by atoms with E-state index in [2.05, 4.69) is 4.52 Å². The lowest BCUT2D eigenvalue weighted by Gasteiger charge is -2.00. The molecular formula is C3H9Cl2NO2P+. The van der Waals surface area contributed by atoms with E-state index in [1.54, 1.807) is 0 Å². The molecule has 0 heterocycles. The number of likely N-dealkylation sites (N-methyl/N-ethyl adjacent to an activating group) is 1. The largest absolute Gasteiger partial charge is 0.380 e. The number of halogens is 2. The number of rotatable bonds is 4. The molecule has 0 aliphatic rings. The van der Waals surface area contributed by atoms with Gasteiger partial charge in [0, 0.05) is 0 Å². The zero-order valence-electron chi connectivity index (χ0n) is 5.01. The molecule has 0 aromatic rings. The second kappa shape index (κ2) is 4.53. The van der Waals surface area contributed by atoms with E-state index in [-0.39, 0.29) is 0 Å². The standard InChI is InChI=1S/C3H8Cl2NO2P/c1-6-2-3-8-9(4,5)7/h6H,2-3H2,1H3/p+1. The highest BCUT2D eigenvalue weighted by molar-refractivity contribution is 8.05. The van der Waals surface area contributed by atoms with Gasteiger partial charge < -0.3 is 9.84 Å². The van der Waals surface area contributed by atoms with Gasteiger partial charge in [-0.2, -0.15) is 0 Å². The van der Waals surface area contributed by atoms with Gasteiger partial charge in [0.15, 0.2) is 0 Å². The lowest BCUT2D eigenvalue weighted by Crippen LogP contribution is -2.80. The summed E-state index contributed by atoms with van der Waals surface area (Å²) in [6.07, 6.45) is -3.27. The van der Waals surface area contributed by atoms with Crippen LogP contribution in [0.1, 0.15) is 0 Å². The Kier molecular flexibility index (Phi) is 4.90. The van der Waals surface area contributed by atoms with Crippen LogP contribution in [0.15, 0.2) is 0 Å². The van der Waals surface area contributed by atoms with Gasteiger partial charge in [-0.15, -0.1) is 0 Å². The van der Waals surface area contributed by atoms with Crippen LogP contribution in [0.3, 0.4) is 0 Å². The summed E-state index contributed by atoms with van der Waals surface area (Å²) in [6, 6.07) is 0. The fourth-order valence-corrected chi connectivity index (χ4v) is 1.01. The van der Waals surface area contributed by atoms with Gasteiger partial charge in [-0.05, 0) is 22.5 Å². The first-order chi connectivity index (χ1) is 4.06. The number of hydrogen-bond acceptors (Lipinski definition) is 2. The average Bonchev–Trinajstić information content (AvgIpc) is 1.63. The third-order valence-electron chi connectivity index (χ3n) is 0.648. The highest BCUT2D eigenvalue weighted by Gasteiger charge is 2.13. The summed E-state index contributed by atoms with van der Waals surface area (Å²) in [4.78, 5) is 0. The van der Waals surface area contributed by atoms with Gasteiger partial charge in [-0.3, -0.25) is 4.57 Å². The fourth-order valence-electron chi connectivity index (χ4n) is 0.277. The van der Waals surface area contributed by atoms with Gasteiger partial charge in [-0.25, -0.2) is 0 Å². The van der Waals surface area contributed by atoms with Crippen LogP contribution >= 0.6 is 28.6 Å². The lowest BCUT2D eigenvalue weighted by atomic mass is 10.7. The maximum Gasteiger partial charge on any atom is 0.380 e. The lowest BCUT2D eigenvalue weighted by molar-refractivity contribution is -0.627. The van der Waals surface area contributed by atoms with Crippen LogP contribution in [0, 0.1) is 0 Å². The Morgan fingerprint density at radius 2 is 2.22 bits per heavy atom. The molecule has 0 aliphatic heterocycles. The molecule has 9 heavy (non-hydrogen) atoms. The molecule has 0 spiro atoms.